The molecule has 112 valence electrons. The molecule has 0 aliphatic heterocycles. The van der Waals surface area contributed by atoms with E-state index in [0.717, 1.165) is 27.8 Å². The van der Waals surface area contributed by atoms with E-state index >= 15 is 0 Å². The summed E-state index contributed by atoms with van der Waals surface area (Å²) >= 11 is 3.40. The van der Waals surface area contributed by atoms with Gasteiger partial charge in [0.05, 0.1) is 11.7 Å². The van der Waals surface area contributed by atoms with Crippen LogP contribution in [0.3, 0.4) is 0 Å². The molecular formula is C17H20BrFN2. The van der Waals surface area contributed by atoms with Crippen LogP contribution in [0.1, 0.15) is 35.3 Å². The molecule has 1 N–H and O–H groups in total. The van der Waals surface area contributed by atoms with Crippen molar-refractivity contribution >= 4 is 15.9 Å². The van der Waals surface area contributed by atoms with E-state index in [4.69, 9.17) is 0 Å². The monoisotopic (exact) mass is 350 g/mol. The van der Waals surface area contributed by atoms with Gasteiger partial charge in [0.1, 0.15) is 5.82 Å². The largest absolute Gasteiger partial charge is 0.309 e. The van der Waals surface area contributed by atoms with Crippen molar-refractivity contribution in [3.05, 3.63) is 63.1 Å². The van der Waals surface area contributed by atoms with Crippen molar-refractivity contribution < 1.29 is 4.39 Å². The number of nitrogens with one attached hydrogen (secondary N) is 1. The second-order valence-electron chi connectivity index (χ2n) is 5.26. The third-order valence-corrected chi connectivity index (χ3v) is 3.96. The van der Waals surface area contributed by atoms with Gasteiger partial charge in [-0.3, -0.25) is 4.98 Å². The standard InChI is InChI=1S/C17H20BrFN2/c1-4-20-16(17-12(3)7-11(2)10-21-17)9-13-8-14(18)5-6-15(13)19/h5-8,10,16,20H,4,9H2,1-3H3. The molecule has 0 saturated carbocycles. The van der Waals surface area contributed by atoms with E-state index in [9.17, 15) is 4.39 Å². The van der Waals surface area contributed by atoms with Crippen LogP contribution in [0.15, 0.2) is 34.9 Å². The minimum atomic E-state index is -0.175. The van der Waals surface area contributed by atoms with Crippen LogP contribution < -0.4 is 5.32 Å². The molecule has 21 heavy (non-hydrogen) atoms. The van der Waals surface area contributed by atoms with Crippen LogP contribution in [-0.4, -0.2) is 11.5 Å². The summed E-state index contributed by atoms with van der Waals surface area (Å²) in [6.45, 7) is 6.94. The molecule has 0 aliphatic carbocycles. The number of rotatable bonds is 5. The quantitative estimate of drug-likeness (QED) is 0.858. The summed E-state index contributed by atoms with van der Waals surface area (Å²) in [6.07, 6.45) is 2.44. The second-order valence-corrected chi connectivity index (χ2v) is 6.18. The Balaban J connectivity index is 2.32. The van der Waals surface area contributed by atoms with Crippen LogP contribution in [-0.2, 0) is 6.42 Å². The van der Waals surface area contributed by atoms with Crippen molar-refractivity contribution in [3.63, 3.8) is 0 Å². The Kier molecular flexibility index (Phi) is 5.48. The summed E-state index contributed by atoms with van der Waals surface area (Å²) in [5.74, 6) is -0.175. The number of halogens is 2. The molecule has 0 fully saturated rings. The summed E-state index contributed by atoms with van der Waals surface area (Å²) in [7, 11) is 0. The number of aryl methyl sites for hydroxylation is 2. The number of aromatic nitrogens is 1. The second kappa shape index (κ2) is 7.14. The average Bonchev–Trinajstić information content (AvgIpc) is 2.42. The normalized spacial score (nSPS) is 12.4. The Labute approximate surface area is 133 Å². The van der Waals surface area contributed by atoms with E-state index in [1.807, 2.05) is 26.1 Å². The summed E-state index contributed by atoms with van der Waals surface area (Å²) in [6, 6.07) is 7.18. The molecule has 0 aliphatic rings. The molecule has 1 heterocycles. The Bertz CT molecular complexity index is 628. The van der Waals surface area contributed by atoms with Crippen molar-refractivity contribution in [2.45, 2.75) is 33.2 Å². The van der Waals surface area contributed by atoms with Crippen LogP contribution in [0, 0.1) is 19.7 Å². The Morgan fingerprint density at radius 1 is 1.29 bits per heavy atom. The van der Waals surface area contributed by atoms with E-state index in [-0.39, 0.29) is 11.9 Å². The number of hydrogen-bond acceptors (Lipinski definition) is 2. The molecule has 2 aromatic rings. The molecule has 0 spiro atoms. The Morgan fingerprint density at radius 2 is 2.05 bits per heavy atom. The number of pyridine rings is 1. The lowest BCUT2D eigenvalue weighted by Crippen LogP contribution is -2.25. The van der Waals surface area contributed by atoms with Gasteiger partial charge in [0.25, 0.3) is 0 Å². The van der Waals surface area contributed by atoms with E-state index in [0.29, 0.717) is 12.0 Å². The van der Waals surface area contributed by atoms with Crippen molar-refractivity contribution in [3.8, 4) is 0 Å². The number of hydrogen-bond donors (Lipinski definition) is 1. The molecule has 2 nitrogen and oxygen atoms in total. The van der Waals surface area contributed by atoms with Gasteiger partial charge in [0.15, 0.2) is 0 Å². The minimum absolute atomic E-state index is 0.0133. The van der Waals surface area contributed by atoms with Gasteiger partial charge in [0, 0.05) is 10.7 Å². The third-order valence-electron chi connectivity index (χ3n) is 3.47. The van der Waals surface area contributed by atoms with E-state index < -0.39 is 0 Å². The van der Waals surface area contributed by atoms with Crippen LogP contribution in [0.25, 0.3) is 0 Å². The number of nitrogens with zero attached hydrogens (tertiary/aromatic N) is 1. The highest BCUT2D eigenvalue weighted by atomic mass is 79.9. The van der Waals surface area contributed by atoms with Crippen molar-refractivity contribution in [2.75, 3.05) is 6.54 Å². The van der Waals surface area contributed by atoms with Gasteiger partial charge in [-0.15, -0.1) is 0 Å². The lowest BCUT2D eigenvalue weighted by molar-refractivity contribution is 0.515. The van der Waals surface area contributed by atoms with Gasteiger partial charge in [-0.2, -0.15) is 0 Å². The molecule has 0 saturated heterocycles. The number of benzene rings is 1. The molecule has 0 radical (unpaired) electrons. The van der Waals surface area contributed by atoms with Crippen molar-refractivity contribution in [1.29, 1.82) is 0 Å². The van der Waals surface area contributed by atoms with Gasteiger partial charge >= 0.3 is 0 Å². The fraction of sp³-hybridized carbons (Fsp3) is 0.353. The zero-order valence-corrected chi connectivity index (χ0v) is 14.2. The zero-order chi connectivity index (χ0) is 15.4. The smallest absolute Gasteiger partial charge is 0.126 e. The minimum Gasteiger partial charge on any atom is -0.309 e. The first-order valence-electron chi connectivity index (χ1n) is 7.11. The Hall–Kier alpha value is -1.26. The van der Waals surface area contributed by atoms with Gasteiger partial charge in [-0.05, 0) is 61.7 Å². The fourth-order valence-electron chi connectivity index (χ4n) is 2.52. The molecule has 1 aromatic carbocycles. The lowest BCUT2D eigenvalue weighted by atomic mass is 9.99. The first-order chi connectivity index (χ1) is 10.0. The van der Waals surface area contributed by atoms with Gasteiger partial charge in [-0.25, -0.2) is 4.39 Å². The zero-order valence-electron chi connectivity index (χ0n) is 12.6. The highest BCUT2D eigenvalue weighted by Gasteiger charge is 2.17. The van der Waals surface area contributed by atoms with Gasteiger partial charge < -0.3 is 5.32 Å². The predicted octanol–water partition coefficient (Wildman–Crippen LogP) is 4.49. The van der Waals surface area contributed by atoms with Gasteiger partial charge in [-0.1, -0.05) is 28.9 Å². The van der Waals surface area contributed by atoms with Crippen LogP contribution >= 0.6 is 15.9 Å². The maximum atomic E-state index is 14.0. The van der Waals surface area contributed by atoms with Crippen LogP contribution in [0.2, 0.25) is 0 Å². The molecule has 4 heteroatoms. The SMILES string of the molecule is CCNC(Cc1cc(Br)ccc1F)c1ncc(C)cc1C. The predicted molar refractivity (Wildman–Crippen MR) is 87.9 cm³/mol. The topological polar surface area (TPSA) is 24.9 Å². The highest BCUT2D eigenvalue weighted by Crippen LogP contribution is 2.24. The van der Waals surface area contributed by atoms with Crippen LogP contribution in [0.4, 0.5) is 4.39 Å². The third kappa shape index (κ3) is 4.11. The maximum absolute atomic E-state index is 14.0. The maximum Gasteiger partial charge on any atom is 0.126 e. The first-order valence-corrected chi connectivity index (χ1v) is 7.91. The van der Waals surface area contributed by atoms with E-state index in [1.54, 1.807) is 6.07 Å². The molecule has 0 amide bonds. The fourth-order valence-corrected chi connectivity index (χ4v) is 2.93. The van der Waals surface area contributed by atoms with E-state index in [1.165, 1.54) is 6.07 Å². The molecule has 1 atom stereocenters. The number of likely N-dealkylation sites (N-methyl/N-ethyl adjacent to an activating group) is 1. The highest BCUT2D eigenvalue weighted by molar-refractivity contribution is 9.10. The molecule has 2 rings (SSSR count). The Morgan fingerprint density at radius 3 is 2.71 bits per heavy atom. The molecular weight excluding hydrogens is 331 g/mol. The van der Waals surface area contributed by atoms with Crippen molar-refractivity contribution in [1.82, 2.24) is 10.3 Å². The van der Waals surface area contributed by atoms with E-state index in [2.05, 4.69) is 39.2 Å². The van der Waals surface area contributed by atoms with Crippen LogP contribution in [0.5, 0.6) is 0 Å². The van der Waals surface area contributed by atoms with Crippen molar-refractivity contribution in [2.24, 2.45) is 0 Å². The van der Waals surface area contributed by atoms with Gasteiger partial charge in [0.2, 0.25) is 0 Å². The summed E-state index contributed by atoms with van der Waals surface area (Å²) < 4.78 is 14.9. The first kappa shape index (κ1) is 16.1. The average molecular weight is 351 g/mol. The summed E-state index contributed by atoms with van der Waals surface area (Å²) in [5.41, 5.74) is 3.95. The molecule has 1 unspecified atom stereocenters. The summed E-state index contributed by atoms with van der Waals surface area (Å²) in [5, 5.41) is 3.41. The molecule has 1 aromatic heterocycles. The lowest BCUT2D eigenvalue weighted by Gasteiger charge is -2.20. The molecule has 0 bridgehead atoms. The summed E-state index contributed by atoms with van der Waals surface area (Å²) in [4.78, 5) is 4.55.